The Morgan fingerprint density at radius 2 is 2.19 bits per heavy atom. The van der Waals surface area contributed by atoms with Crippen LogP contribution in [-0.4, -0.2) is 48.8 Å². The predicted molar refractivity (Wildman–Crippen MR) is 69.7 cm³/mol. The van der Waals surface area contributed by atoms with Crippen molar-refractivity contribution in [1.82, 2.24) is 10.6 Å². The van der Waals surface area contributed by atoms with Crippen molar-refractivity contribution in [3.8, 4) is 0 Å². The molecule has 4 nitrogen and oxygen atoms in total. The quantitative estimate of drug-likeness (QED) is 0.492. The SMILES string of the molecule is CCNCC(C)C(=O)NCCSCCCO. The molecular weight excluding hydrogens is 224 g/mol. The van der Waals surface area contributed by atoms with E-state index in [0.29, 0.717) is 6.54 Å². The highest BCUT2D eigenvalue weighted by Crippen LogP contribution is 2.00. The third-order valence-corrected chi connectivity index (χ3v) is 3.21. The van der Waals surface area contributed by atoms with Crippen LogP contribution >= 0.6 is 11.8 Å². The Balaban J connectivity index is 3.35. The number of aliphatic hydroxyl groups is 1. The standard InChI is InChI=1S/C11H24N2O2S/c1-3-12-9-10(2)11(15)13-5-8-16-7-4-6-14/h10,12,14H,3-9H2,1-2H3,(H,13,15). The van der Waals surface area contributed by atoms with Crippen molar-refractivity contribution in [3.05, 3.63) is 0 Å². The summed E-state index contributed by atoms with van der Waals surface area (Å²) in [7, 11) is 0. The second kappa shape index (κ2) is 11.2. The zero-order valence-electron chi connectivity index (χ0n) is 10.3. The van der Waals surface area contributed by atoms with Gasteiger partial charge in [0.1, 0.15) is 0 Å². The number of carbonyl (C=O) groups excluding carboxylic acids is 1. The number of thioether (sulfide) groups is 1. The lowest BCUT2D eigenvalue weighted by atomic mass is 10.1. The topological polar surface area (TPSA) is 61.4 Å². The van der Waals surface area contributed by atoms with E-state index in [1.165, 1.54) is 0 Å². The van der Waals surface area contributed by atoms with E-state index in [1.807, 2.05) is 13.8 Å². The molecule has 0 aromatic carbocycles. The summed E-state index contributed by atoms with van der Waals surface area (Å²) in [5.74, 6) is 2.02. The van der Waals surface area contributed by atoms with Crippen LogP contribution < -0.4 is 10.6 Å². The number of carbonyl (C=O) groups is 1. The molecule has 1 amide bonds. The van der Waals surface area contributed by atoms with Crippen LogP contribution in [0.25, 0.3) is 0 Å². The molecule has 0 spiro atoms. The lowest BCUT2D eigenvalue weighted by molar-refractivity contribution is -0.124. The largest absolute Gasteiger partial charge is 0.396 e. The van der Waals surface area contributed by atoms with E-state index in [2.05, 4.69) is 10.6 Å². The molecule has 3 N–H and O–H groups in total. The van der Waals surface area contributed by atoms with E-state index >= 15 is 0 Å². The summed E-state index contributed by atoms with van der Waals surface area (Å²) in [5, 5.41) is 14.6. The number of amides is 1. The van der Waals surface area contributed by atoms with Crippen LogP contribution in [0.2, 0.25) is 0 Å². The molecule has 0 aromatic heterocycles. The first-order chi connectivity index (χ1) is 7.72. The maximum atomic E-state index is 11.5. The summed E-state index contributed by atoms with van der Waals surface area (Å²) in [4.78, 5) is 11.5. The van der Waals surface area contributed by atoms with Gasteiger partial charge in [0, 0.05) is 31.4 Å². The molecule has 1 unspecified atom stereocenters. The first-order valence-electron chi connectivity index (χ1n) is 5.89. The van der Waals surface area contributed by atoms with Crippen LogP contribution in [0.1, 0.15) is 20.3 Å². The van der Waals surface area contributed by atoms with Gasteiger partial charge in [0.15, 0.2) is 0 Å². The second-order valence-corrected chi connectivity index (χ2v) is 4.91. The van der Waals surface area contributed by atoms with Crippen molar-refractivity contribution < 1.29 is 9.90 Å². The minimum Gasteiger partial charge on any atom is -0.396 e. The summed E-state index contributed by atoms with van der Waals surface area (Å²) in [6, 6.07) is 0. The lowest BCUT2D eigenvalue weighted by Crippen LogP contribution is -2.36. The van der Waals surface area contributed by atoms with Crippen molar-refractivity contribution >= 4 is 17.7 Å². The van der Waals surface area contributed by atoms with Gasteiger partial charge in [-0.1, -0.05) is 13.8 Å². The normalized spacial score (nSPS) is 12.4. The summed E-state index contributed by atoms with van der Waals surface area (Å²) >= 11 is 1.76. The van der Waals surface area contributed by atoms with E-state index in [9.17, 15) is 4.79 Å². The van der Waals surface area contributed by atoms with Gasteiger partial charge < -0.3 is 15.7 Å². The fraction of sp³-hybridized carbons (Fsp3) is 0.909. The highest BCUT2D eigenvalue weighted by atomic mass is 32.2. The van der Waals surface area contributed by atoms with Crippen molar-refractivity contribution in [1.29, 1.82) is 0 Å². The number of rotatable bonds is 10. The Morgan fingerprint density at radius 1 is 1.44 bits per heavy atom. The van der Waals surface area contributed by atoms with Crippen molar-refractivity contribution in [3.63, 3.8) is 0 Å². The van der Waals surface area contributed by atoms with Crippen LogP contribution in [0.4, 0.5) is 0 Å². The van der Waals surface area contributed by atoms with Gasteiger partial charge in [-0.25, -0.2) is 0 Å². The van der Waals surface area contributed by atoms with Gasteiger partial charge >= 0.3 is 0 Å². The van der Waals surface area contributed by atoms with Gasteiger partial charge in [0.25, 0.3) is 0 Å². The molecule has 0 aliphatic heterocycles. The van der Waals surface area contributed by atoms with Crippen molar-refractivity contribution in [2.24, 2.45) is 5.92 Å². The molecule has 0 radical (unpaired) electrons. The summed E-state index contributed by atoms with van der Waals surface area (Å²) < 4.78 is 0. The van der Waals surface area contributed by atoms with E-state index in [0.717, 1.165) is 31.0 Å². The van der Waals surface area contributed by atoms with E-state index in [-0.39, 0.29) is 18.4 Å². The Kier molecular flexibility index (Phi) is 11.0. The van der Waals surface area contributed by atoms with E-state index in [1.54, 1.807) is 11.8 Å². The average Bonchev–Trinajstić information content (AvgIpc) is 2.30. The predicted octanol–water partition coefficient (Wildman–Crippen LogP) is 0.464. The Labute approximate surface area is 103 Å². The number of hydrogen-bond acceptors (Lipinski definition) is 4. The number of hydrogen-bond donors (Lipinski definition) is 3. The number of nitrogens with one attached hydrogen (secondary N) is 2. The monoisotopic (exact) mass is 248 g/mol. The third kappa shape index (κ3) is 9.00. The molecule has 0 aliphatic rings. The van der Waals surface area contributed by atoms with Crippen LogP contribution in [0.15, 0.2) is 0 Å². The summed E-state index contributed by atoms with van der Waals surface area (Å²) in [5.41, 5.74) is 0. The molecule has 16 heavy (non-hydrogen) atoms. The molecule has 5 heteroatoms. The van der Waals surface area contributed by atoms with E-state index < -0.39 is 0 Å². The first kappa shape index (κ1) is 15.7. The van der Waals surface area contributed by atoms with Gasteiger partial charge in [-0.05, 0) is 18.7 Å². The van der Waals surface area contributed by atoms with Gasteiger partial charge in [0.05, 0.1) is 0 Å². The third-order valence-electron chi connectivity index (χ3n) is 2.14. The van der Waals surface area contributed by atoms with Gasteiger partial charge in [-0.15, -0.1) is 0 Å². The maximum absolute atomic E-state index is 11.5. The highest BCUT2D eigenvalue weighted by molar-refractivity contribution is 7.99. The second-order valence-electron chi connectivity index (χ2n) is 3.69. The molecule has 1 atom stereocenters. The molecule has 96 valence electrons. The molecule has 0 aromatic rings. The summed E-state index contributed by atoms with van der Waals surface area (Å²) in [6.45, 7) is 6.55. The van der Waals surface area contributed by atoms with Crippen LogP contribution in [0.5, 0.6) is 0 Å². The van der Waals surface area contributed by atoms with Gasteiger partial charge in [-0.3, -0.25) is 4.79 Å². The zero-order chi connectivity index (χ0) is 12.2. The fourth-order valence-electron chi connectivity index (χ4n) is 1.14. The fourth-order valence-corrected chi connectivity index (χ4v) is 1.93. The Hall–Kier alpha value is -0.260. The molecule has 0 heterocycles. The molecule has 0 aliphatic carbocycles. The summed E-state index contributed by atoms with van der Waals surface area (Å²) in [6.07, 6.45) is 0.829. The van der Waals surface area contributed by atoms with Crippen LogP contribution in [-0.2, 0) is 4.79 Å². The lowest BCUT2D eigenvalue weighted by Gasteiger charge is -2.12. The molecule has 0 saturated carbocycles. The molecular formula is C11H24N2O2S. The smallest absolute Gasteiger partial charge is 0.224 e. The van der Waals surface area contributed by atoms with E-state index in [4.69, 9.17) is 5.11 Å². The van der Waals surface area contributed by atoms with Crippen LogP contribution in [0, 0.1) is 5.92 Å². The Morgan fingerprint density at radius 3 is 2.81 bits per heavy atom. The minimum atomic E-state index is 0.0300. The average molecular weight is 248 g/mol. The first-order valence-corrected chi connectivity index (χ1v) is 7.04. The zero-order valence-corrected chi connectivity index (χ0v) is 11.1. The highest BCUT2D eigenvalue weighted by Gasteiger charge is 2.10. The van der Waals surface area contributed by atoms with Crippen molar-refractivity contribution in [2.75, 3.05) is 37.7 Å². The number of aliphatic hydroxyl groups excluding tert-OH is 1. The maximum Gasteiger partial charge on any atom is 0.224 e. The van der Waals surface area contributed by atoms with Gasteiger partial charge in [0.2, 0.25) is 5.91 Å². The Bertz CT molecular complexity index is 179. The minimum absolute atomic E-state index is 0.0300. The molecule has 0 saturated heterocycles. The molecule has 0 fully saturated rings. The molecule has 0 rings (SSSR count). The van der Waals surface area contributed by atoms with Crippen molar-refractivity contribution in [2.45, 2.75) is 20.3 Å². The van der Waals surface area contributed by atoms with Gasteiger partial charge in [-0.2, -0.15) is 11.8 Å². The molecule has 0 bridgehead atoms. The van der Waals surface area contributed by atoms with Crippen LogP contribution in [0.3, 0.4) is 0 Å².